The standard InChI is InChI=1S/C30H44FN5O6/c1-18(2)13-22(15-32)28(40)36(8)11-12-42-17-24(26(38)33-16-21-10-9-19(3)14-23(21)31)34-27(39)25(20(4)37)35-29(41)30(5,6)7/h9-10,13-14,18,20,24-25,37H,11-12,16-17H2,1-8H3,(H,33,38)(H,34,39)(H,35,41). The zero-order valence-electron chi connectivity index (χ0n) is 25.7. The summed E-state index contributed by atoms with van der Waals surface area (Å²) >= 11 is 0. The van der Waals surface area contributed by atoms with Crippen molar-refractivity contribution in [2.24, 2.45) is 11.3 Å². The van der Waals surface area contributed by atoms with Crippen molar-refractivity contribution in [3.8, 4) is 6.07 Å². The smallest absolute Gasteiger partial charge is 0.264 e. The summed E-state index contributed by atoms with van der Waals surface area (Å²) in [5.41, 5.74) is 0.113. The second kappa shape index (κ2) is 16.6. The van der Waals surface area contributed by atoms with Gasteiger partial charge in [0.05, 0.1) is 19.3 Å². The van der Waals surface area contributed by atoms with E-state index < -0.39 is 53.0 Å². The maximum atomic E-state index is 14.3. The molecule has 0 aliphatic carbocycles. The molecule has 4 amide bonds. The number of nitriles is 1. The highest BCUT2D eigenvalue weighted by Gasteiger charge is 2.33. The number of carbonyl (C=O) groups excluding carboxylic acids is 4. The molecule has 3 atom stereocenters. The third-order valence-corrected chi connectivity index (χ3v) is 6.08. The largest absolute Gasteiger partial charge is 0.391 e. The van der Waals surface area contributed by atoms with Crippen LogP contribution in [0.2, 0.25) is 0 Å². The number of likely N-dealkylation sites (N-methyl/N-ethyl adjacent to an activating group) is 1. The number of nitrogens with one attached hydrogen (secondary N) is 3. The zero-order valence-corrected chi connectivity index (χ0v) is 25.7. The van der Waals surface area contributed by atoms with Crippen molar-refractivity contribution in [2.75, 3.05) is 26.8 Å². The Morgan fingerprint density at radius 3 is 2.31 bits per heavy atom. The van der Waals surface area contributed by atoms with Crippen LogP contribution >= 0.6 is 0 Å². The molecule has 0 aromatic heterocycles. The van der Waals surface area contributed by atoms with Crippen LogP contribution in [-0.2, 0) is 30.5 Å². The van der Waals surface area contributed by atoms with Gasteiger partial charge in [0.1, 0.15) is 29.5 Å². The van der Waals surface area contributed by atoms with Gasteiger partial charge in [-0.1, -0.05) is 52.8 Å². The third kappa shape index (κ3) is 12.0. The fourth-order valence-electron chi connectivity index (χ4n) is 3.51. The maximum absolute atomic E-state index is 14.3. The number of allylic oxidation sites excluding steroid dienone is 1. The van der Waals surface area contributed by atoms with E-state index in [1.165, 1.54) is 31.0 Å². The number of rotatable bonds is 14. The average Bonchev–Trinajstić information content (AvgIpc) is 2.89. The van der Waals surface area contributed by atoms with Crippen LogP contribution < -0.4 is 16.0 Å². The average molecular weight is 590 g/mol. The summed E-state index contributed by atoms with van der Waals surface area (Å²) in [5, 5.41) is 27.0. The van der Waals surface area contributed by atoms with Gasteiger partial charge in [-0.2, -0.15) is 5.26 Å². The van der Waals surface area contributed by atoms with Gasteiger partial charge in [0.2, 0.25) is 17.7 Å². The van der Waals surface area contributed by atoms with Crippen LogP contribution in [0.25, 0.3) is 0 Å². The van der Waals surface area contributed by atoms with Crippen molar-refractivity contribution in [3.05, 3.63) is 46.8 Å². The van der Waals surface area contributed by atoms with E-state index in [9.17, 15) is 33.9 Å². The van der Waals surface area contributed by atoms with Crippen LogP contribution in [0.5, 0.6) is 0 Å². The number of nitrogens with zero attached hydrogens (tertiary/aromatic N) is 2. The molecule has 0 saturated heterocycles. The first-order valence-electron chi connectivity index (χ1n) is 13.7. The molecule has 3 unspecified atom stereocenters. The Balaban J connectivity index is 3.00. The molecule has 1 aromatic rings. The summed E-state index contributed by atoms with van der Waals surface area (Å²) in [7, 11) is 1.50. The Bertz CT molecular complexity index is 1190. The first-order valence-corrected chi connectivity index (χ1v) is 13.7. The Labute approximate surface area is 247 Å². The minimum absolute atomic E-state index is 0.00169. The normalized spacial score (nSPS) is 13.9. The molecule has 4 N–H and O–H groups in total. The van der Waals surface area contributed by atoms with Gasteiger partial charge in [-0.3, -0.25) is 19.2 Å². The number of aryl methyl sites for hydroxylation is 1. The third-order valence-electron chi connectivity index (χ3n) is 6.08. The van der Waals surface area contributed by atoms with Crippen molar-refractivity contribution in [2.45, 2.75) is 73.2 Å². The number of hydrogen-bond acceptors (Lipinski definition) is 7. The quantitative estimate of drug-likeness (QED) is 0.146. The van der Waals surface area contributed by atoms with E-state index in [-0.39, 0.29) is 43.4 Å². The molecule has 0 aliphatic rings. The molecule has 11 nitrogen and oxygen atoms in total. The molecule has 0 aliphatic heterocycles. The van der Waals surface area contributed by atoms with Crippen molar-refractivity contribution < 1.29 is 33.4 Å². The van der Waals surface area contributed by atoms with E-state index in [1.807, 2.05) is 19.9 Å². The minimum Gasteiger partial charge on any atom is -0.391 e. The lowest BCUT2D eigenvalue weighted by atomic mass is 9.94. The molecule has 0 heterocycles. The maximum Gasteiger partial charge on any atom is 0.264 e. The summed E-state index contributed by atoms with van der Waals surface area (Å²) in [6, 6.07) is 3.82. The van der Waals surface area contributed by atoms with Crippen molar-refractivity contribution >= 4 is 23.6 Å². The Kier molecular flexibility index (Phi) is 14.3. The van der Waals surface area contributed by atoms with Crippen LogP contribution in [0, 0.1) is 35.4 Å². The van der Waals surface area contributed by atoms with Gasteiger partial charge in [0, 0.05) is 31.1 Å². The number of halogens is 1. The molecular formula is C30H44FN5O6. The lowest BCUT2D eigenvalue weighted by Crippen LogP contribution is -2.59. The molecule has 0 radical (unpaired) electrons. The van der Waals surface area contributed by atoms with E-state index >= 15 is 0 Å². The van der Waals surface area contributed by atoms with E-state index in [0.717, 1.165) is 0 Å². The monoisotopic (exact) mass is 589 g/mol. The first kappa shape index (κ1) is 36.2. The van der Waals surface area contributed by atoms with Crippen LogP contribution in [0.4, 0.5) is 4.39 Å². The van der Waals surface area contributed by atoms with Gasteiger partial charge in [-0.15, -0.1) is 0 Å². The van der Waals surface area contributed by atoms with Crippen molar-refractivity contribution in [3.63, 3.8) is 0 Å². The lowest BCUT2D eigenvalue weighted by Gasteiger charge is -2.27. The SMILES string of the molecule is Cc1ccc(CNC(=O)C(COCCN(C)C(=O)C(C#N)=CC(C)C)NC(=O)C(NC(=O)C(C)(C)C)C(C)O)c(F)c1. The molecule has 1 rings (SSSR count). The van der Waals surface area contributed by atoms with Gasteiger partial charge in [0.25, 0.3) is 5.91 Å². The molecule has 12 heteroatoms. The number of aliphatic hydroxyl groups is 1. The van der Waals surface area contributed by atoms with Gasteiger partial charge < -0.3 is 30.7 Å². The van der Waals surface area contributed by atoms with Gasteiger partial charge in [-0.05, 0) is 31.4 Å². The van der Waals surface area contributed by atoms with Crippen LogP contribution in [-0.4, -0.2) is 78.6 Å². The van der Waals surface area contributed by atoms with Crippen LogP contribution in [0.1, 0.15) is 52.7 Å². The summed E-state index contributed by atoms with van der Waals surface area (Å²) in [5.74, 6) is -2.97. The Morgan fingerprint density at radius 1 is 1.14 bits per heavy atom. The van der Waals surface area contributed by atoms with Crippen molar-refractivity contribution in [1.29, 1.82) is 5.26 Å². The second-order valence-corrected chi connectivity index (χ2v) is 11.6. The fraction of sp³-hybridized carbons (Fsp3) is 0.567. The molecule has 0 saturated carbocycles. The highest BCUT2D eigenvalue weighted by atomic mass is 19.1. The number of amides is 4. The second-order valence-electron chi connectivity index (χ2n) is 11.6. The van der Waals surface area contributed by atoms with Crippen LogP contribution in [0.15, 0.2) is 29.8 Å². The molecule has 0 bridgehead atoms. The van der Waals surface area contributed by atoms with Crippen LogP contribution in [0.3, 0.4) is 0 Å². The number of ether oxygens (including phenoxy) is 1. The minimum atomic E-state index is -1.36. The fourth-order valence-corrected chi connectivity index (χ4v) is 3.51. The summed E-state index contributed by atoms with van der Waals surface area (Å²) in [6.07, 6.45) is 0.277. The number of carbonyl (C=O) groups is 4. The molecule has 232 valence electrons. The van der Waals surface area contributed by atoms with E-state index in [0.29, 0.717) is 5.56 Å². The molecular weight excluding hydrogens is 545 g/mol. The Morgan fingerprint density at radius 2 is 1.79 bits per heavy atom. The first-order chi connectivity index (χ1) is 19.5. The van der Waals surface area contributed by atoms with E-state index in [2.05, 4.69) is 16.0 Å². The van der Waals surface area contributed by atoms with Gasteiger partial charge in [0.15, 0.2) is 0 Å². The molecule has 0 spiro atoms. The summed E-state index contributed by atoms with van der Waals surface area (Å²) in [6.45, 7) is 11.3. The van der Waals surface area contributed by atoms with Gasteiger partial charge >= 0.3 is 0 Å². The highest BCUT2D eigenvalue weighted by Crippen LogP contribution is 2.14. The molecule has 1 aromatic carbocycles. The summed E-state index contributed by atoms with van der Waals surface area (Å²) in [4.78, 5) is 52.5. The zero-order chi connectivity index (χ0) is 32.2. The predicted octanol–water partition coefficient (Wildman–Crippen LogP) is 1.73. The molecule has 42 heavy (non-hydrogen) atoms. The Hall–Kier alpha value is -3.82. The summed E-state index contributed by atoms with van der Waals surface area (Å²) < 4.78 is 19.9. The van der Waals surface area contributed by atoms with Crippen molar-refractivity contribution in [1.82, 2.24) is 20.9 Å². The van der Waals surface area contributed by atoms with E-state index in [4.69, 9.17) is 4.74 Å². The van der Waals surface area contributed by atoms with Gasteiger partial charge in [-0.25, -0.2) is 4.39 Å². The number of aliphatic hydroxyl groups excluding tert-OH is 1. The topological polar surface area (TPSA) is 161 Å². The number of benzene rings is 1. The highest BCUT2D eigenvalue weighted by molar-refractivity contribution is 5.97. The molecule has 0 fully saturated rings. The lowest BCUT2D eigenvalue weighted by molar-refractivity contribution is -0.137. The number of hydrogen-bond donors (Lipinski definition) is 4. The van der Waals surface area contributed by atoms with E-state index in [1.54, 1.807) is 39.8 Å². The predicted molar refractivity (Wildman–Crippen MR) is 155 cm³/mol.